The Morgan fingerprint density at radius 2 is 0.633 bits per heavy atom. The molecule has 0 amide bonds. The molecule has 0 unspecified atom stereocenters. The molecule has 0 aliphatic carbocycles. The van der Waals surface area contributed by atoms with Gasteiger partial charge in [0, 0.05) is 0 Å². The summed E-state index contributed by atoms with van der Waals surface area (Å²) in [6.45, 7) is 12.1. The Morgan fingerprint density at radius 3 is 0.816 bits per heavy atom. The van der Waals surface area contributed by atoms with E-state index in [0.717, 1.165) is 13.7 Å². The van der Waals surface area contributed by atoms with Gasteiger partial charge < -0.3 is 14.1 Å². The molecule has 0 aliphatic rings. The fourth-order valence-corrected chi connectivity index (χ4v) is 7.35. The number of unbranched alkanes of at least 4 members (excludes halogenated alkanes) is 30. The van der Waals surface area contributed by atoms with E-state index in [2.05, 4.69) is 25.0 Å². The minimum Gasteiger partial charge on any atom is -0.726 e. The van der Waals surface area contributed by atoms with E-state index in [1.165, 1.54) is 236 Å². The predicted octanol–water partition coefficient (Wildman–Crippen LogP) is 12.8. The Morgan fingerprint density at radius 1 is 0.408 bits per heavy atom. The van der Waals surface area contributed by atoms with Crippen LogP contribution in [0.4, 0.5) is 0 Å². The lowest BCUT2D eigenvalue weighted by molar-refractivity contribution is -0.929. The van der Waals surface area contributed by atoms with Crippen LogP contribution >= 0.6 is 0 Å². The van der Waals surface area contributed by atoms with Gasteiger partial charge in [-0.2, -0.15) is 0 Å². The molecule has 0 heterocycles. The second-order valence-corrected chi connectivity index (χ2v) is 16.3. The van der Waals surface area contributed by atoms with Crippen molar-refractivity contribution in [2.24, 2.45) is 0 Å². The zero-order chi connectivity index (χ0) is 36.6. The van der Waals surface area contributed by atoms with Crippen LogP contribution in [0.3, 0.4) is 0 Å². The summed E-state index contributed by atoms with van der Waals surface area (Å²) in [5.74, 6) is 0. The molecule has 0 aliphatic heterocycles. The highest BCUT2D eigenvalue weighted by Gasteiger charge is 2.24. The lowest BCUT2D eigenvalue weighted by atomic mass is 10.0. The molecule has 7 heteroatoms. The zero-order valence-electron chi connectivity index (χ0n) is 33.8. The fourth-order valence-electron chi connectivity index (χ4n) is 7.35. The molecule has 298 valence electrons. The summed E-state index contributed by atoms with van der Waals surface area (Å²) in [5.41, 5.74) is 0. The molecular formula is C42H89NO5S. The third-order valence-electron chi connectivity index (χ3n) is 10.4. The highest BCUT2D eigenvalue weighted by molar-refractivity contribution is 7.80. The minimum absolute atomic E-state index is 0.359. The lowest BCUT2D eigenvalue weighted by Crippen LogP contribution is -2.51. The Kier molecular flexibility index (Phi) is 42.1. The van der Waals surface area contributed by atoms with E-state index < -0.39 is 10.4 Å². The molecule has 0 aromatic rings. The first-order valence-corrected chi connectivity index (χ1v) is 23.1. The van der Waals surface area contributed by atoms with Gasteiger partial charge in [0.2, 0.25) is 10.4 Å². The first-order valence-electron chi connectivity index (χ1n) is 21.8. The molecule has 6 nitrogen and oxygen atoms in total. The molecule has 0 aromatic carbocycles. The number of hydrogen-bond donors (Lipinski definition) is 1. The van der Waals surface area contributed by atoms with Gasteiger partial charge in [0.05, 0.1) is 33.4 Å². The average Bonchev–Trinajstić information content (AvgIpc) is 3.08. The summed E-state index contributed by atoms with van der Waals surface area (Å²) < 4.78 is 32.2. The van der Waals surface area contributed by atoms with Crippen molar-refractivity contribution in [3.8, 4) is 0 Å². The Hall–Kier alpha value is -0.210. The van der Waals surface area contributed by atoms with Crippen molar-refractivity contribution in [1.29, 1.82) is 0 Å². The number of hydrogen-bond acceptors (Lipinski definition) is 5. The third kappa shape index (κ3) is 42.1. The third-order valence-corrected chi connectivity index (χ3v) is 10.9. The maximum absolute atomic E-state index is 9.88. The van der Waals surface area contributed by atoms with Crippen molar-refractivity contribution >= 4 is 10.4 Å². The summed E-state index contributed by atoms with van der Waals surface area (Å²) >= 11 is 0. The van der Waals surface area contributed by atoms with Gasteiger partial charge in [0.15, 0.2) is 0 Å². The van der Waals surface area contributed by atoms with Crippen LogP contribution < -0.4 is 0 Å². The molecule has 0 rings (SSSR count). The van der Waals surface area contributed by atoms with Gasteiger partial charge in [-0.1, -0.05) is 201 Å². The summed E-state index contributed by atoms with van der Waals surface area (Å²) in [7, 11) is -3.60. The minimum atomic E-state index is -4.41. The smallest absolute Gasteiger partial charge is 0.217 e. The first kappa shape index (κ1) is 50.9. The number of aliphatic hydroxyl groups excluding tert-OH is 1. The molecule has 0 saturated heterocycles. The highest BCUT2D eigenvalue weighted by atomic mass is 32.3. The lowest BCUT2D eigenvalue weighted by Gasteiger charge is -2.38. The van der Waals surface area contributed by atoms with E-state index >= 15 is 0 Å². The van der Waals surface area contributed by atoms with Crippen molar-refractivity contribution < 1.29 is 26.7 Å². The molecule has 0 atom stereocenters. The average molecular weight is 720 g/mol. The van der Waals surface area contributed by atoms with E-state index in [1.807, 2.05) is 0 Å². The first-order chi connectivity index (χ1) is 23.8. The van der Waals surface area contributed by atoms with Crippen molar-refractivity contribution in [2.45, 2.75) is 233 Å². The summed E-state index contributed by atoms with van der Waals surface area (Å²) in [6, 6.07) is 0. The van der Waals surface area contributed by atoms with Crippen LogP contribution in [-0.4, -0.2) is 62.5 Å². The van der Waals surface area contributed by atoms with Crippen LogP contribution in [0, 0.1) is 0 Å². The maximum atomic E-state index is 9.88. The van der Waals surface area contributed by atoms with Gasteiger partial charge >= 0.3 is 0 Å². The van der Waals surface area contributed by atoms with Crippen LogP contribution in [0.25, 0.3) is 0 Å². The van der Waals surface area contributed by atoms with Gasteiger partial charge in [-0.25, -0.2) is 8.42 Å². The normalized spacial score (nSPS) is 12.0. The summed E-state index contributed by atoms with van der Waals surface area (Å²) in [5, 5.41) is 9.88. The highest BCUT2D eigenvalue weighted by Crippen LogP contribution is 2.19. The van der Waals surface area contributed by atoms with Crippen molar-refractivity contribution in [3.63, 3.8) is 0 Å². The molecule has 0 fully saturated rings. The summed E-state index contributed by atoms with van der Waals surface area (Å²) in [6.07, 6.45) is 47.3. The second-order valence-electron chi connectivity index (χ2n) is 15.1. The number of aliphatic hydroxyl groups is 1. The van der Waals surface area contributed by atoms with E-state index in [-0.39, 0.29) is 0 Å². The van der Waals surface area contributed by atoms with Crippen molar-refractivity contribution in [1.82, 2.24) is 0 Å². The molecule has 1 N–H and O–H groups in total. The molecule has 0 saturated carbocycles. The van der Waals surface area contributed by atoms with Gasteiger partial charge in [-0.15, -0.1) is 0 Å². The monoisotopic (exact) mass is 720 g/mol. The van der Waals surface area contributed by atoms with Crippen LogP contribution in [0.2, 0.25) is 0 Å². The van der Waals surface area contributed by atoms with E-state index in [1.54, 1.807) is 0 Å². The van der Waals surface area contributed by atoms with Gasteiger partial charge in [0.1, 0.15) is 6.54 Å². The van der Waals surface area contributed by atoms with Gasteiger partial charge in [0.25, 0.3) is 0 Å². The quantitative estimate of drug-likeness (QED) is 0.0296. The molecule has 0 spiro atoms. The van der Waals surface area contributed by atoms with Gasteiger partial charge in [-0.3, -0.25) is 4.18 Å². The largest absolute Gasteiger partial charge is 0.726 e. The van der Waals surface area contributed by atoms with Crippen molar-refractivity contribution in [3.05, 3.63) is 0 Å². The van der Waals surface area contributed by atoms with Crippen LogP contribution in [0.15, 0.2) is 0 Å². The number of nitrogens with zero attached hydrogens (tertiary/aromatic N) is 1. The maximum Gasteiger partial charge on any atom is 0.217 e. The predicted molar refractivity (Wildman–Crippen MR) is 213 cm³/mol. The van der Waals surface area contributed by atoms with Crippen LogP contribution in [-0.2, 0) is 14.6 Å². The molecule has 0 bridgehead atoms. The van der Waals surface area contributed by atoms with Crippen molar-refractivity contribution in [2.75, 3.05) is 39.9 Å². The number of rotatable bonds is 39. The van der Waals surface area contributed by atoms with E-state index in [4.69, 9.17) is 0 Å². The molecule has 0 radical (unpaired) electrons. The van der Waals surface area contributed by atoms with Crippen LogP contribution in [0.5, 0.6) is 0 Å². The molecule has 49 heavy (non-hydrogen) atoms. The zero-order valence-corrected chi connectivity index (χ0v) is 34.6. The van der Waals surface area contributed by atoms with E-state index in [9.17, 15) is 18.1 Å². The Labute approximate surface area is 308 Å². The van der Waals surface area contributed by atoms with E-state index in [0.29, 0.717) is 6.61 Å². The molecule has 0 aromatic heterocycles. The van der Waals surface area contributed by atoms with Crippen LogP contribution in [0.1, 0.15) is 233 Å². The topological polar surface area (TPSA) is 86.7 Å². The Balaban J connectivity index is 0. The van der Waals surface area contributed by atoms with Gasteiger partial charge in [-0.05, 0) is 32.1 Å². The number of quaternary nitrogens is 1. The SMILES string of the molecule is CCCCCCCCCCCCCCCCCC[N+](CCC)(CCO)CCCCCCCCCCCCCCCCCC.COS(=O)(=O)[O-]. The summed E-state index contributed by atoms with van der Waals surface area (Å²) in [4.78, 5) is 0. The second kappa shape index (κ2) is 40.6. The Bertz CT molecular complexity index is 674. The fraction of sp³-hybridized carbons (Fsp3) is 1.00. The molecular weight excluding hydrogens is 631 g/mol. The standard InChI is InChI=1S/C41H86NO.CH4O4S/c1-4-7-9-11-13-15-17-19-21-23-25-27-29-31-33-35-38-42(37-6-3,40-41-43)39-36-34-32-30-28-26-24-22-20-18-16-14-12-10-8-5-2;1-5-6(2,3)4/h43H,4-41H2,1-3H3;1H3,(H,2,3,4)/q+1;/p-1.